The molecule has 4 nitrogen and oxygen atoms in total. The topological polar surface area (TPSA) is 72.5 Å². The number of carboxylic acid groups (broad SMARTS) is 1. The maximum Gasteiger partial charge on any atom is 0.490 e. The number of unbranched alkanes of at least 4 members (excludes halogenated alkanes) is 1. The Balaban J connectivity index is 0.000000351. The van der Waals surface area contributed by atoms with Crippen LogP contribution in [0.3, 0.4) is 0 Å². The normalized spacial score (nSPS) is 19.2. The lowest BCUT2D eigenvalue weighted by molar-refractivity contribution is -0.192. The van der Waals surface area contributed by atoms with Crippen molar-refractivity contribution in [2.75, 3.05) is 13.2 Å². The smallest absolute Gasteiger partial charge is 0.490 e. The van der Waals surface area contributed by atoms with Crippen molar-refractivity contribution in [1.29, 1.82) is 0 Å². The van der Waals surface area contributed by atoms with Crippen molar-refractivity contribution in [3.05, 3.63) is 28.8 Å². The summed E-state index contributed by atoms with van der Waals surface area (Å²) in [6.45, 7) is 3.70. The first-order chi connectivity index (χ1) is 11.2. The number of benzene rings is 1. The van der Waals surface area contributed by atoms with Crippen LogP contribution in [0.1, 0.15) is 37.7 Å². The van der Waals surface area contributed by atoms with Gasteiger partial charge in [-0.1, -0.05) is 24.9 Å². The number of hydrogen-bond donors (Lipinski definition) is 2. The van der Waals surface area contributed by atoms with Gasteiger partial charge in [0, 0.05) is 5.02 Å². The van der Waals surface area contributed by atoms with Crippen LogP contribution in [0.4, 0.5) is 13.2 Å². The molecule has 1 aromatic carbocycles. The Hall–Kier alpha value is -1.47. The minimum Gasteiger partial charge on any atom is -0.493 e. The molecule has 136 valence electrons. The maximum atomic E-state index is 10.6. The van der Waals surface area contributed by atoms with Crippen molar-refractivity contribution < 1.29 is 27.8 Å². The average Bonchev–Trinajstić information content (AvgIpc) is 3.28. The second kappa shape index (κ2) is 9.13. The van der Waals surface area contributed by atoms with E-state index in [9.17, 15) is 13.2 Å². The SMILES string of the molecule is CCCCOc1ccc(Cl)cc1[C@@H]1C[C@H]1CN.O=C(O)C(F)(F)F. The van der Waals surface area contributed by atoms with Crippen molar-refractivity contribution in [1.82, 2.24) is 0 Å². The fraction of sp³-hybridized carbons (Fsp3) is 0.562. The number of alkyl halides is 3. The van der Waals surface area contributed by atoms with Crippen molar-refractivity contribution >= 4 is 17.6 Å². The lowest BCUT2D eigenvalue weighted by Gasteiger charge is -2.11. The highest BCUT2D eigenvalue weighted by molar-refractivity contribution is 6.30. The highest BCUT2D eigenvalue weighted by atomic mass is 35.5. The number of ether oxygens (including phenoxy) is 1. The first-order valence-electron chi connectivity index (χ1n) is 7.63. The van der Waals surface area contributed by atoms with Crippen LogP contribution >= 0.6 is 11.6 Å². The molecule has 1 saturated carbocycles. The molecule has 1 aliphatic carbocycles. The summed E-state index contributed by atoms with van der Waals surface area (Å²) >= 11 is 6.05. The molecule has 0 radical (unpaired) electrons. The van der Waals surface area contributed by atoms with Gasteiger partial charge in [-0.2, -0.15) is 13.2 Å². The molecular weight excluding hydrogens is 347 g/mol. The fourth-order valence-corrected chi connectivity index (χ4v) is 2.34. The van der Waals surface area contributed by atoms with Gasteiger partial charge in [-0.25, -0.2) is 4.79 Å². The number of nitrogens with two attached hydrogens (primary N) is 1. The van der Waals surface area contributed by atoms with Gasteiger partial charge in [0.05, 0.1) is 6.61 Å². The van der Waals surface area contributed by atoms with Gasteiger partial charge < -0.3 is 15.6 Å². The Morgan fingerprint density at radius 2 is 2.08 bits per heavy atom. The van der Waals surface area contributed by atoms with Gasteiger partial charge in [0.25, 0.3) is 0 Å². The van der Waals surface area contributed by atoms with Gasteiger partial charge in [0.15, 0.2) is 0 Å². The summed E-state index contributed by atoms with van der Waals surface area (Å²) in [6.07, 6.45) is -1.67. The first kappa shape index (κ1) is 20.6. The molecule has 2 rings (SSSR count). The second-order valence-corrected chi connectivity index (χ2v) is 5.96. The van der Waals surface area contributed by atoms with Crippen LogP contribution in [0.5, 0.6) is 5.75 Å². The van der Waals surface area contributed by atoms with Crippen molar-refractivity contribution in [2.45, 2.75) is 38.3 Å². The molecule has 0 amide bonds. The zero-order valence-electron chi connectivity index (χ0n) is 13.3. The molecule has 0 saturated heterocycles. The second-order valence-electron chi connectivity index (χ2n) is 5.53. The third-order valence-corrected chi connectivity index (χ3v) is 3.83. The highest BCUT2D eigenvalue weighted by Gasteiger charge is 2.39. The number of aliphatic carboxylic acids is 1. The molecule has 0 spiro atoms. The minimum absolute atomic E-state index is 0.551. The van der Waals surface area contributed by atoms with Gasteiger partial charge in [-0.15, -0.1) is 0 Å². The summed E-state index contributed by atoms with van der Waals surface area (Å²) in [4.78, 5) is 8.90. The van der Waals surface area contributed by atoms with Crippen LogP contribution in [0.15, 0.2) is 18.2 Å². The molecule has 1 fully saturated rings. The molecule has 0 aromatic heterocycles. The highest BCUT2D eigenvalue weighted by Crippen LogP contribution is 2.50. The van der Waals surface area contributed by atoms with Crippen LogP contribution in [-0.2, 0) is 4.79 Å². The van der Waals surface area contributed by atoms with E-state index in [1.165, 1.54) is 12.0 Å². The summed E-state index contributed by atoms with van der Waals surface area (Å²) in [5.74, 6) is -0.603. The quantitative estimate of drug-likeness (QED) is 0.738. The molecule has 0 aliphatic heterocycles. The Kier molecular flexibility index (Phi) is 7.83. The van der Waals surface area contributed by atoms with Crippen LogP contribution < -0.4 is 10.5 Å². The maximum absolute atomic E-state index is 10.6. The van der Waals surface area contributed by atoms with E-state index < -0.39 is 12.1 Å². The largest absolute Gasteiger partial charge is 0.493 e. The van der Waals surface area contributed by atoms with Crippen molar-refractivity contribution in [2.24, 2.45) is 11.7 Å². The molecule has 24 heavy (non-hydrogen) atoms. The molecule has 0 bridgehead atoms. The monoisotopic (exact) mass is 367 g/mol. The summed E-state index contributed by atoms with van der Waals surface area (Å²) in [5, 5.41) is 7.91. The molecule has 1 aliphatic rings. The lowest BCUT2D eigenvalue weighted by atomic mass is 10.1. The summed E-state index contributed by atoms with van der Waals surface area (Å²) < 4.78 is 37.6. The molecular formula is C16H21ClF3NO3. The number of carbonyl (C=O) groups is 1. The van der Waals surface area contributed by atoms with Gasteiger partial charge in [0.1, 0.15) is 5.75 Å². The molecule has 2 atom stereocenters. The van der Waals surface area contributed by atoms with Crippen LogP contribution in [-0.4, -0.2) is 30.4 Å². The van der Waals surface area contributed by atoms with E-state index in [-0.39, 0.29) is 0 Å². The summed E-state index contributed by atoms with van der Waals surface area (Å²) in [7, 11) is 0. The fourth-order valence-electron chi connectivity index (χ4n) is 2.16. The molecule has 0 unspecified atom stereocenters. The first-order valence-corrected chi connectivity index (χ1v) is 8.00. The number of rotatable bonds is 6. The van der Waals surface area contributed by atoms with Crippen LogP contribution in [0.25, 0.3) is 0 Å². The third-order valence-electron chi connectivity index (χ3n) is 3.59. The van der Waals surface area contributed by atoms with Crippen LogP contribution in [0, 0.1) is 5.92 Å². The van der Waals surface area contributed by atoms with E-state index in [0.29, 0.717) is 11.8 Å². The Bertz CT molecular complexity index is 552. The van der Waals surface area contributed by atoms with Gasteiger partial charge in [-0.05, 0) is 55.0 Å². The number of hydrogen-bond acceptors (Lipinski definition) is 3. The van der Waals surface area contributed by atoms with Crippen molar-refractivity contribution in [3.63, 3.8) is 0 Å². The molecule has 8 heteroatoms. The van der Waals surface area contributed by atoms with E-state index in [2.05, 4.69) is 6.92 Å². The van der Waals surface area contributed by atoms with Gasteiger partial charge >= 0.3 is 12.1 Å². The Morgan fingerprint density at radius 1 is 1.46 bits per heavy atom. The zero-order chi connectivity index (χ0) is 18.3. The predicted octanol–water partition coefficient (Wildman–Crippen LogP) is 4.21. The zero-order valence-corrected chi connectivity index (χ0v) is 14.0. The van der Waals surface area contributed by atoms with E-state index in [1.807, 2.05) is 18.2 Å². The number of carboxylic acids is 1. The van der Waals surface area contributed by atoms with Crippen molar-refractivity contribution in [3.8, 4) is 5.75 Å². The standard InChI is InChI=1S/C14H20ClNO.C2HF3O2/c1-2-3-6-17-14-5-4-11(15)8-13(14)12-7-10(12)9-16;3-2(4,5)1(6)7/h4-5,8,10,12H,2-3,6-7,9,16H2,1H3;(H,6,7)/t10-,12+;/m0./s1. The molecule has 3 N–H and O–H groups in total. The summed E-state index contributed by atoms with van der Waals surface area (Å²) in [5.41, 5.74) is 6.94. The van der Waals surface area contributed by atoms with E-state index >= 15 is 0 Å². The predicted molar refractivity (Wildman–Crippen MR) is 85.4 cm³/mol. The lowest BCUT2D eigenvalue weighted by Crippen LogP contribution is -2.21. The Labute approximate surface area is 143 Å². The van der Waals surface area contributed by atoms with E-state index in [4.69, 9.17) is 32.0 Å². The minimum atomic E-state index is -5.08. The van der Waals surface area contributed by atoms with Gasteiger partial charge in [0.2, 0.25) is 0 Å². The van der Waals surface area contributed by atoms with Gasteiger partial charge in [-0.3, -0.25) is 0 Å². The summed E-state index contributed by atoms with van der Waals surface area (Å²) in [6, 6.07) is 5.91. The average molecular weight is 368 g/mol. The third kappa shape index (κ3) is 6.57. The molecule has 1 aromatic rings. The van der Waals surface area contributed by atoms with E-state index in [1.54, 1.807) is 0 Å². The Morgan fingerprint density at radius 3 is 2.54 bits per heavy atom. The molecule has 0 heterocycles. The van der Waals surface area contributed by atoms with Crippen LogP contribution in [0.2, 0.25) is 5.02 Å². The van der Waals surface area contributed by atoms with E-state index in [0.717, 1.165) is 36.8 Å². The number of halogens is 4.